The molecule has 2 unspecified atom stereocenters. The maximum atomic E-state index is 14.6. The summed E-state index contributed by atoms with van der Waals surface area (Å²) in [7, 11) is 0. The normalized spacial score (nSPS) is 12.6. The lowest BCUT2D eigenvalue weighted by atomic mass is 9.98. The second kappa shape index (κ2) is 15.2. The van der Waals surface area contributed by atoms with E-state index in [0.717, 1.165) is 29.5 Å². The molecule has 8 heteroatoms. The molecule has 0 aliphatic heterocycles. The van der Waals surface area contributed by atoms with Crippen molar-refractivity contribution >= 4 is 23.6 Å². The lowest BCUT2D eigenvalue weighted by Crippen LogP contribution is -2.53. The van der Waals surface area contributed by atoms with Crippen LogP contribution in [0, 0.1) is 13.8 Å². The number of alkyl carbamates (subject to hydrolysis) is 1. The zero-order valence-electron chi connectivity index (χ0n) is 26.1. The van der Waals surface area contributed by atoms with Crippen LogP contribution in [0.3, 0.4) is 0 Å². The summed E-state index contributed by atoms with van der Waals surface area (Å²) in [5.74, 6) is -0.646. The fourth-order valence-electron chi connectivity index (χ4n) is 4.84. The molecule has 0 aliphatic rings. The van der Waals surface area contributed by atoms with Crippen LogP contribution in [0.2, 0.25) is 0 Å². The molecule has 0 heterocycles. The van der Waals surface area contributed by atoms with E-state index in [-0.39, 0.29) is 18.1 Å². The van der Waals surface area contributed by atoms with Gasteiger partial charge in [0.1, 0.15) is 23.4 Å². The van der Waals surface area contributed by atoms with Gasteiger partial charge in [-0.15, -0.1) is 0 Å². The van der Waals surface area contributed by atoms with Crippen LogP contribution in [-0.2, 0) is 20.7 Å². The molecule has 0 saturated carbocycles. The summed E-state index contributed by atoms with van der Waals surface area (Å²) >= 11 is 0. The molecule has 2 atom stereocenters. The third-order valence-corrected chi connectivity index (χ3v) is 6.97. The number of carbonyl (C=O) groups excluding carboxylic acids is 3. The maximum Gasteiger partial charge on any atom is 0.408 e. The number of ether oxygens (including phenoxy) is 1. The number of nitrogens with one attached hydrogen (secondary N) is 2. The van der Waals surface area contributed by atoms with Gasteiger partial charge < -0.3 is 25.4 Å². The zero-order chi connectivity index (χ0) is 31.6. The molecule has 3 N–H and O–H groups in total. The van der Waals surface area contributed by atoms with Crippen LogP contribution in [-0.4, -0.2) is 46.1 Å². The first-order chi connectivity index (χ1) is 20.4. The number of hydrogen-bond acceptors (Lipinski definition) is 5. The van der Waals surface area contributed by atoms with Crippen LogP contribution < -0.4 is 10.6 Å². The first-order valence-electron chi connectivity index (χ1n) is 14.9. The second-order valence-electron chi connectivity index (χ2n) is 11.9. The van der Waals surface area contributed by atoms with Crippen molar-refractivity contribution in [1.29, 1.82) is 0 Å². The number of amides is 3. The highest BCUT2D eigenvalue weighted by Crippen LogP contribution is 2.27. The number of phenolic OH excluding ortho intramolecular Hbond substituents is 1. The van der Waals surface area contributed by atoms with E-state index in [2.05, 4.69) is 17.6 Å². The average molecular weight is 588 g/mol. The summed E-state index contributed by atoms with van der Waals surface area (Å²) in [5.41, 5.74) is 3.17. The van der Waals surface area contributed by atoms with Gasteiger partial charge in [0.25, 0.3) is 5.91 Å². The fraction of sp³-hybridized carbons (Fsp3) is 0.400. The minimum absolute atomic E-state index is 0.0975. The largest absolute Gasteiger partial charge is 0.508 e. The molecule has 3 rings (SSSR count). The lowest BCUT2D eigenvalue weighted by Gasteiger charge is -2.35. The van der Waals surface area contributed by atoms with Gasteiger partial charge in [-0.1, -0.05) is 79.9 Å². The molecule has 230 valence electrons. The van der Waals surface area contributed by atoms with Crippen molar-refractivity contribution in [3.63, 3.8) is 0 Å². The number of benzene rings is 3. The van der Waals surface area contributed by atoms with Gasteiger partial charge in [0.15, 0.2) is 0 Å². The topological polar surface area (TPSA) is 108 Å². The van der Waals surface area contributed by atoms with E-state index < -0.39 is 29.7 Å². The average Bonchev–Trinajstić information content (AvgIpc) is 2.93. The summed E-state index contributed by atoms with van der Waals surface area (Å²) in [6.07, 6.45) is 1.89. The molecule has 0 saturated heterocycles. The monoisotopic (exact) mass is 587 g/mol. The summed E-state index contributed by atoms with van der Waals surface area (Å²) < 4.78 is 5.51. The SMILES string of the molecule is CCCCCN(C(=O)C(Cc1ccc(O)cc1)NC(=O)OC(C)(C)C)C(C(=O)Nc1ccccc1C)c1cccc(C)c1. The van der Waals surface area contributed by atoms with E-state index in [4.69, 9.17) is 4.74 Å². The smallest absolute Gasteiger partial charge is 0.408 e. The lowest BCUT2D eigenvalue weighted by molar-refractivity contribution is -0.140. The second-order valence-corrected chi connectivity index (χ2v) is 11.9. The van der Waals surface area contributed by atoms with Gasteiger partial charge in [0.05, 0.1) is 0 Å². The molecule has 0 fully saturated rings. The Morgan fingerprint density at radius 2 is 1.63 bits per heavy atom. The minimum atomic E-state index is -1.03. The first kappa shape index (κ1) is 33.2. The van der Waals surface area contributed by atoms with Gasteiger partial charge in [0, 0.05) is 18.7 Å². The Balaban J connectivity index is 2.08. The predicted molar refractivity (Wildman–Crippen MR) is 170 cm³/mol. The molecule has 0 bridgehead atoms. The van der Waals surface area contributed by atoms with Crippen LogP contribution >= 0.6 is 0 Å². The van der Waals surface area contributed by atoms with Crippen LogP contribution in [0.25, 0.3) is 0 Å². The van der Waals surface area contributed by atoms with Gasteiger partial charge in [-0.2, -0.15) is 0 Å². The standard InChI is InChI=1S/C35H45N3O5/c1-7-8-11-21-38(31(27-15-12-13-24(2)22-27)32(40)36-29-16-10-9-14-25(29)3)33(41)30(37-34(42)43-35(4,5)6)23-26-17-19-28(39)20-18-26/h9-10,12-20,22,30-31,39H,7-8,11,21,23H2,1-6H3,(H,36,40)(H,37,42). The van der Waals surface area contributed by atoms with E-state index in [9.17, 15) is 19.5 Å². The van der Waals surface area contributed by atoms with Gasteiger partial charge in [-0.25, -0.2) is 4.79 Å². The number of carbonyl (C=O) groups is 3. The van der Waals surface area contributed by atoms with E-state index in [0.29, 0.717) is 24.2 Å². The Kier molecular flexibility index (Phi) is 11.8. The number of para-hydroxylation sites is 1. The van der Waals surface area contributed by atoms with Crippen LogP contribution in [0.1, 0.15) is 75.3 Å². The molecular weight excluding hydrogens is 542 g/mol. The Morgan fingerprint density at radius 3 is 2.26 bits per heavy atom. The van der Waals surface area contributed by atoms with E-state index >= 15 is 0 Å². The number of unbranched alkanes of at least 4 members (excludes halogenated alkanes) is 2. The number of anilines is 1. The summed E-state index contributed by atoms with van der Waals surface area (Å²) in [6.45, 7) is 11.5. The Hall–Kier alpha value is -4.33. The number of rotatable bonds is 12. The third-order valence-electron chi connectivity index (χ3n) is 6.97. The van der Waals surface area contributed by atoms with Crippen molar-refractivity contribution < 1.29 is 24.2 Å². The van der Waals surface area contributed by atoms with E-state index in [1.165, 1.54) is 12.1 Å². The van der Waals surface area contributed by atoms with Gasteiger partial charge >= 0.3 is 6.09 Å². The molecule has 8 nitrogen and oxygen atoms in total. The van der Waals surface area contributed by atoms with Gasteiger partial charge in [-0.05, 0) is 75.9 Å². The molecule has 43 heavy (non-hydrogen) atoms. The number of phenols is 1. The summed E-state index contributed by atoms with van der Waals surface area (Å²) in [6, 6.07) is 19.6. The van der Waals surface area contributed by atoms with Crippen molar-refractivity contribution in [1.82, 2.24) is 10.2 Å². The first-order valence-corrected chi connectivity index (χ1v) is 14.9. The van der Waals surface area contributed by atoms with Crippen molar-refractivity contribution in [2.75, 3.05) is 11.9 Å². The van der Waals surface area contributed by atoms with Gasteiger partial charge in [0.2, 0.25) is 5.91 Å². The minimum Gasteiger partial charge on any atom is -0.508 e. The molecule has 3 aromatic carbocycles. The van der Waals surface area contributed by atoms with Crippen molar-refractivity contribution in [2.45, 2.75) is 84.9 Å². The Labute approximate surface area is 255 Å². The molecule has 0 aromatic heterocycles. The van der Waals surface area contributed by atoms with E-state index in [1.807, 2.05) is 62.4 Å². The quantitative estimate of drug-likeness (QED) is 0.201. The van der Waals surface area contributed by atoms with Gasteiger partial charge in [-0.3, -0.25) is 9.59 Å². The molecule has 3 amide bonds. The Morgan fingerprint density at radius 1 is 0.930 bits per heavy atom. The van der Waals surface area contributed by atoms with E-state index in [1.54, 1.807) is 37.8 Å². The Bertz CT molecular complexity index is 1380. The number of hydrogen-bond donors (Lipinski definition) is 3. The van der Waals surface area contributed by atoms with Crippen molar-refractivity contribution in [2.24, 2.45) is 0 Å². The predicted octanol–water partition coefficient (Wildman–Crippen LogP) is 6.84. The summed E-state index contributed by atoms with van der Waals surface area (Å²) in [5, 5.41) is 15.6. The molecule has 0 radical (unpaired) electrons. The zero-order valence-corrected chi connectivity index (χ0v) is 26.1. The highest BCUT2D eigenvalue weighted by molar-refractivity contribution is 5.99. The van der Waals surface area contributed by atoms with Crippen LogP contribution in [0.5, 0.6) is 5.75 Å². The molecular formula is C35H45N3O5. The van der Waals surface area contributed by atoms with Crippen LogP contribution in [0.4, 0.5) is 10.5 Å². The van der Waals surface area contributed by atoms with Crippen molar-refractivity contribution in [3.8, 4) is 5.75 Å². The van der Waals surface area contributed by atoms with Crippen LogP contribution in [0.15, 0.2) is 72.8 Å². The molecule has 0 spiro atoms. The fourth-order valence-corrected chi connectivity index (χ4v) is 4.84. The maximum absolute atomic E-state index is 14.6. The molecule has 0 aliphatic carbocycles. The van der Waals surface area contributed by atoms with Crippen molar-refractivity contribution in [3.05, 3.63) is 95.1 Å². The number of aryl methyl sites for hydroxylation is 2. The highest BCUT2D eigenvalue weighted by atomic mass is 16.6. The number of aromatic hydroxyl groups is 1. The number of nitrogens with zero attached hydrogens (tertiary/aromatic N) is 1. The summed E-state index contributed by atoms with van der Waals surface area (Å²) in [4.78, 5) is 43.3. The third kappa shape index (κ3) is 10.2. The highest BCUT2D eigenvalue weighted by Gasteiger charge is 2.36. The molecule has 3 aromatic rings.